The molecule has 0 saturated carbocycles. The van der Waals surface area contributed by atoms with Gasteiger partial charge in [0.25, 0.3) is 0 Å². The number of aliphatic hydroxyl groups excluding tert-OH is 1. The number of methoxy groups -OCH3 is 1. The maximum atomic E-state index is 14.1. The van der Waals surface area contributed by atoms with Crippen molar-refractivity contribution in [2.24, 2.45) is 0 Å². The standard InChI is InChI=1S/C12H17BrFNO4S/c1-3-10(7-19-2)15-20(17,18)11-5-9(13)4-8(6-16)12(11)14/h4-5,10,15-16H,3,6-7H2,1-2H3. The average Bonchev–Trinajstić information content (AvgIpc) is 2.40. The summed E-state index contributed by atoms with van der Waals surface area (Å²) in [4.78, 5) is -0.495. The molecule has 0 amide bonds. The second-order valence-electron chi connectivity index (χ2n) is 4.22. The Hall–Kier alpha value is -0.540. The van der Waals surface area contributed by atoms with Gasteiger partial charge in [0, 0.05) is 23.2 Å². The molecule has 0 heterocycles. The van der Waals surface area contributed by atoms with Crippen LogP contribution in [0.1, 0.15) is 18.9 Å². The van der Waals surface area contributed by atoms with Crippen molar-refractivity contribution >= 4 is 26.0 Å². The van der Waals surface area contributed by atoms with E-state index in [0.717, 1.165) is 6.07 Å². The number of aliphatic hydroxyl groups is 1. The Bertz CT molecular complexity index is 565. The lowest BCUT2D eigenvalue weighted by Gasteiger charge is -2.17. The van der Waals surface area contributed by atoms with Gasteiger partial charge in [-0.25, -0.2) is 17.5 Å². The third-order valence-corrected chi connectivity index (χ3v) is 4.70. The number of hydrogen-bond acceptors (Lipinski definition) is 4. The van der Waals surface area contributed by atoms with Gasteiger partial charge in [-0.15, -0.1) is 0 Å². The van der Waals surface area contributed by atoms with Gasteiger partial charge in [0.15, 0.2) is 0 Å². The zero-order valence-corrected chi connectivity index (χ0v) is 13.6. The molecule has 114 valence electrons. The maximum Gasteiger partial charge on any atom is 0.243 e. The lowest BCUT2D eigenvalue weighted by molar-refractivity contribution is 0.173. The summed E-state index contributed by atoms with van der Waals surface area (Å²) in [5.41, 5.74) is -0.0838. The van der Waals surface area contributed by atoms with Gasteiger partial charge in [-0.2, -0.15) is 0 Å². The fourth-order valence-electron chi connectivity index (χ4n) is 1.65. The lowest BCUT2D eigenvalue weighted by Crippen LogP contribution is -2.38. The molecule has 0 radical (unpaired) electrons. The molecule has 1 rings (SSSR count). The summed E-state index contributed by atoms with van der Waals surface area (Å²) in [5, 5.41) is 9.05. The highest BCUT2D eigenvalue weighted by molar-refractivity contribution is 9.10. The van der Waals surface area contributed by atoms with Crippen molar-refractivity contribution in [3.05, 3.63) is 28.0 Å². The second-order valence-corrected chi connectivity index (χ2v) is 6.82. The van der Waals surface area contributed by atoms with E-state index in [1.165, 1.54) is 13.2 Å². The highest BCUT2D eigenvalue weighted by atomic mass is 79.9. The van der Waals surface area contributed by atoms with Crippen LogP contribution in [0.3, 0.4) is 0 Å². The van der Waals surface area contributed by atoms with Crippen LogP contribution in [0.4, 0.5) is 4.39 Å². The van der Waals surface area contributed by atoms with Crippen molar-refractivity contribution in [2.45, 2.75) is 30.9 Å². The van der Waals surface area contributed by atoms with Crippen LogP contribution in [0.25, 0.3) is 0 Å². The molecule has 5 nitrogen and oxygen atoms in total. The molecule has 0 aliphatic carbocycles. The summed E-state index contributed by atoms with van der Waals surface area (Å²) in [6.07, 6.45) is 0.509. The summed E-state index contributed by atoms with van der Waals surface area (Å²) in [6, 6.07) is 2.05. The van der Waals surface area contributed by atoms with Gasteiger partial charge >= 0.3 is 0 Å². The van der Waals surface area contributed by atoms with E-state index in [2.05, 4.69) is 20.7 Å². The van der Waals surface area contributed by atoms with Gasteiger partial charge in [-0.05, 0) is 18.6 Å². The summed E-state index contributed by atoms with van der Waals surface area (Å²) in [5.74, 6) is -0.949. The van der Waals surface area contributed by atoms with Crippen LogP contribution in [0.15, 0.2) is 21.5 Å². The fourth-order valence-corrected chi connectivity index (χ4v) is 3.75. The van der Waals surface area contributed by atoms with E-state index >= 15 is 0 Å². The summed E-state index contributed by atoms with van der Waals surface area (Å²) in [7, 11) is -2.57. The van der Waals surface area contributed by atoms with Gasteiger partial charge in [-0.1, -0.05) is 22.9 Å². The molecule has 8 heteroatoms. The second kappa shape index (κ2) is 7.46. The largest absolute Gasteiger partial charge is 0.392 e. The van der Waals surface area contributed by atoms with Crippen molar-refractivity contribution in [1.29, 1.82) is 0 Å². The van der Waals surface area contributed by atoms with Crippen molar-refractivity contribution in [3.63, 3.8) is 0 Å². The van der Waals surface area contributed by atoms with Crippen molar-refractivity contribution in [3.8, 4) is 0 Å². The van der Waals surface area contributed by atoms with Crippen LogP contribution in [-0.4, -0.2) is 33.3 Å². The first-order chi connectivity index (χ1) is 9.35. The number of ether oxygens (including phenoxy) is 1. The molecule has 2 N–H and O–H groups in total. The summed E-state index contributed by atoms with van der Waals surface area (Å²) < 4.78 is 46.1. The molecule has 0 spiro atoms. The monoisotopic (exact) mass is 369 g/mol. The molecule has 0 fully saturated rings. The molecule has 1 aromatic carbocycles. The molecule has 0 aliphatic heterocycles. The van der Waals surface area contributed by atoms with Gasteiger partial charge in [0.2, 0.25) is 10.0 Å². The first kappa shape index (κ1) is 17.5. The maximum absolute atomic E-state index is 14.1. The first-order valence-corrected chi connectivity index (χ1v) is 8.23. The Morgan fingerprint density at radius 2 is 2.15 bits per heavy atom. The normalized spacial score (nSPS) is 13.4. The van der Waals surface area contributed by atoms with Crippen LogP contribution in [0, 0.1) is 5.82 Å². The van der Waals surface area contributed by atoms with Crippen molar-refractivity contribution < 1.29 is 22.7 Å². The number of rotatable bonds is 7. The highest BCUT2D eigenvalue weighted by Crippen LogP contribution is 2.24. The molecule has 0 aromatic heterocycles. The molecule has 20 heavy (non-hydrogen) atoms. The van der Waals surface area contributed by atoms with Gasteiger partial charge < -0.3 is 9.84 Å². The Morgan fingerprint density at radius 3 is 2.65 bits per heavy atom. The van der Waals surface area contributed by atoms with Crippen molar-refractivity contribution in [1.82, 2.24) is 4.72 Å². The molecule has 1 atom stereocenters. The molecule has 0 saturated heterocycles. The Balaban J connectivity index is 3.18. The van der Waals surface area contributed by atoms with Crippen LogP contribution in [0.2, 0.25) is 0 Å². The number of benzene rings is 1. The molecular formula is C12H17BrFNO4S. The third-order valence-electron chi connectivity index (χ3n) is 2.72. The topological polar surface area (TPSA) is 75.6 Å². The number of nitrogens with one attached hydrogen (secondary N) is 1. The Labute approximate surface area is 126 Å². The summed E-state index contributed by atoms with van der Waals surface area (Å²) >= 11 is 3.10. The van der Waals surface area contributed by atoms with Crippen LogP contribution in [0.5, 0.6) is 0 Å². The van der Waals surface area contributed by atoms with Crippen LogP contribution < -0.4 is 4.72 Å². The molecule has 1 aromatic rings. The fraction of sp³-hybridized carbons (Fsp3) is 0.500. The minimum atomic E-state index is -4.03. The van der Waals surface area contributed by atoms with Crippen LogP contribution >= 0.6 is 15.9 Å². The number of hydrogen-bond donors (Lipinski definition) is 2. The van der Waals surface area contributed by atoms with Crippen LogP contribution in [-0.2, 0) is 21.4 Å². The zero-order valence-electron chi connectivity index (χ0n) is 11.2. The van der Waals surface area contributed by atoms with Gasteiger partial charge in [0.05, 0.1) is 13.2 Å². The number of halogens is 2. The minimum absolute atomic E-state index is 0.0838. The third kappa shape index (κ3) is 4.23. The molecule has 1 unspecified atom stereocenters. The van der Waals surface area contributed by atoms with E-state index < -0.39 is 33.4 Å². The average molecular weight is 370 g/mol. The molecule has 0 aliphatic rings. The predicted octanol–water partition coefficient (Wildman–Crippen LogP) is 1.78. The Kier molecular flexibility index (Phi) is 6.53. The molecular weight excluding hydrogens is 353 g/mol. The number of sulfonamides is 1. The van der Waals surface area contributed by atoms with Crippen molar-refractivity contribution in [2.75, 3.05) is 13.7 Å². The van der Waals surface area contributed by atoms with E-state index in [1.807, 2.05) is 0 Å². The zero-order chi connectivity index (χ0) is 15.3. The Morgan fingerprint density at radius 1 is 1.50 bits per heavy atom. The van der Waals surface area contributed by atoms with Gasteiger partial charge in [0.1, 0.15) is 10.7 Å². The van der Waals surface area contributed by atoms with Gasteiger partial charge in [-0.3, -0.25) is 0 Å². The van der Waals surface area contributed by atoms with E-state index in [0.29, 0.717) is 10.9 Å². The molecule has 0 bridgehead atoms. The van der Waals surface area contributed by atoms with E-state index in [9.17, 15) is 12.8 Å². The quantitative estimate of drug-likeness (QED) is 0.767. The minimum Gasteiger partial charge on any atom is -0.392 e. The predicted molar refractivity (Wildman–Crippen MR) is 76.3 cm³/mol. The smallest absolute Gasteiger partial charge is 0.243 e. The first-order valence-electron chi connectivity index (χ1n) is 5.95. The lowest BCUT2D eigenvalue weighted by atomic mass is 10.2. The van der Waals surface area contributed by atoms with E-state index in [1.54, 1.807) is 6.92 Å². The van der Waals surface area contributed by atoms with E-state index in [-0.39, 0.29) is 12.2 Å². The van der Waals surface area contributed by atoms with E-state index in [4.69, 9.17) is 9.84 Å². The highest BCUT2D eigenvalue weighted by Gasteiger charge is 2.24. The summed E-state index contributed by atoms with van der Waals surface area (Å²) in [6.45, 7) is 1.41. The SMILES string of the molecule is CCC(COC)NS(=O)(=O)c1cc(Br)cc(CO)c1F.